The van der Waals surface area contributed by atoms with Crippen LogP contribution < -0.4 is 10.2 Å². The molecule has 1 rings (SSSR count). The van der Waals surface area contributed by atoms with Gasteiger partial charge in [0.2, 0.25) is 0 Å². The van der Waals surface area contributed by atoms with E-state index < -0.39 is 0 Å². The number of aromatic nitrogens is 1. The Balaban J connectivity index is 2.65. The van der Waals surface area contributed by atoms with E-state index in [1.165, 1.54) is 12.0 Å². The van der Waals surface area contributed by atoms with Crippen LogP contribution in [-0.2, 0) is 6.54 Å². The van der Waals surface area contributed by atoms with Gasteiger partial charge in [0.05, 0.1) is 0 Å². The van der Waals surface area contributed by atoms with Crippen LogP contribution in [0.1, 0.15) is 38.4 Å². The van der Waals surface area contributed by atoms with Gasteiger partial charge in [-0.2, -0.15) is 0 Å². The highest BCUT2D eigenvalue weighted by atomic mass is 15.2. The fourth-order valence-electron chi connectivity index (χ4n) is 1.80. The lowest BCUT2D eigenvalue weighted by atomic mass is 10.1. The molecule has 0 atom stereocenters. The van der Waals surface area contributed by atoms with Crippen molar-refractivity contribution in [2.45, 2.75) is 40.7 Å². The van der Waals surface area contributed by atoms with Crippen LogP contribution in [0.4, 0.5) is 5.82 Å². The summed E-state index contributed by atoms with van der Waals surface area (Å²) in [5, 5.41) is 3.34. The molecule has 0 bridgehead atoms. The van der Waals surface area contributed by atoms with Gasteiger partial charge in [-0.1, -0.05) is 26.8 Å². The molecular weight excluding hydrogens is 222 g/mol. The summed E-state index contributed by atoms with van der Waals surface area (Å²) in [6.45, 7) is 11.7. The van der Waals surface area contributed by atoms with E-state index in [2.05, 4.69) is 62.1 Å². The molecule has 18 heavy (non-hydrogen) atoms. The van der Waals surface area contributed by atoms with Crippen LogP contribution in [0.5, 0.6) is 0 Å². The van der Waals surface area contributed by atoms with Gasteiger partial charge >= 0.3 is 0 Å². The van der Waals surface area contributed by atoms with E-state index in [-0.39, 0.29) is 0 Å². The van der Waals surface area contributed by atoms with Crippen LogP contribution >= 0.6 is 0 Å². The largest absolute Gasteiger partial charge is 0.360 e. The number of aryl methyl sites for hydroxylation is 1. The van der Waals surface area contributed by atoms with E-state index in [0.717, 1.165) is 37.1 Å². The van der Waals surface area contributed by atoms with E-state index in [1.807, 2.05) is 0 Å². The quantitative estimate of drug-likeness (QED) is 0.805. The maximum absolute atomic E-state index is 4.69. The predicted molar refractivity (Wildman–Crippen MR) is 79.1 cm³/mol. The van der Waals surface area contributed by atoms with Crippen molar-refractivity contribution in [1.82, 2.24) is 10.3 Å². The minimum atomic E-state index is 0.738. The maximum atomic E-state index is 4.69. The number of nitrogens with zero attached hydrogens (tertiary/aromatic N) is 2. The smallest absolute Gasteiger partial charge is 0.128 e. The molecule has 102 valence electrons. The van der Waals surface area contributed by atoms with Gasteiger partial charge < -0.3 is 10.2 Å². The molecule has 0 aliphatic rings. The maximum Gasteiger partial charge on any atom is 0.128 e. The fraction of sp³-hybridized carbons (Fsp3) is 0.667. The van der Waals surface area contributed by atoms with Gasteiger partial charge in [0.1, 0.15) is 5.82 Å². The lowest BCUT2D eigenvalue weighted by molar-refractivity contribution is 0.583. The fourth-order valence-corrected chi connectivity index (χ4v) is 1.80. The van der Waals surface area contributed by atoms with Crippen LogP contribution in [0.25, 0.3) is 0 Å². The first-order valence-corrected chi connectivity index (χ1v) is 6.93. The Kier molecular flexibility index (Phi) is 6.13. The van der Waals surface area contributed by atoms with Gasteiger partial charge in [-0.25, -0.2) is 4.98 Å². The number of hydrogen-bond donors (Lipinski definition) is 1. The van der Waals surface area contributed by atoms with E-state index in [9.17, 15) is 0 Å². The van der Waals surface area contributed by atoms with Crippen molar-refractivity contribution in [1.29, 1.82) is 0 Å². The average Bonchev–Trinajstić information content (AvgIpc) is 2.34. The Morgan fingerprint density at radius 3 is 2.61 bits per heavy atom. The molecule has 3 heteroatoms. The second-order valence-electron chi connectivity index (χ2n) is 5.30. The van der Waals surface area contributed by atoms with Crippen LogP contribution in [-0.4, -0.2) is 25.1 Å². The molecule has 0 unspecified atom stereocenters. The molecular formula is C15H27N3. The highest BCUT2D eigenvalue weighted by molar-refractivity contribution is 5.40. The van der Waals surface area contributed by atoms with Crippen molar-refractivity contribution >= 4 is 5.82 Å². The Hall–Kier alpha value is -1.09. The lowest BCUT2D eigenvalue weighted by Gasteiger charge is -2.20. The highest BCUT2D eigenvalue weighted by Gasteiger charge is 2.06. The molecule has 0 saturated heterocycles. The SMILES string of the molecule is CCNCc1ccc(N(C)CCC(C)C)nc1C. The molecule has 0 aliphatic carbocycles. The summed E-state index contributed by atoms with van der Waals surface area (Å²) in [5.74, 6) is 1.81. The second kappa shape index (κ2) is 7.37. The summed E-state index contributed by atoms with van der Waals surface area (Å²) in [4.78, 5) is 6.93. The number of hydrogen-bond acceptors (Lipinski definition) is 3. The summed E-state index contributed by atoms with van der Waals surface area (Å²) >= 11 is 0. The van der Waals surface area contributed by atoms with Crippen LogP contribution in [0, 0.1) is 12.8 Å². The van der Waals surface area contributed by atoms with E-state index in [1.54, 1.807) is 0 Å². The summed E-state index contributed by atoms with van der Waals surface area (Å²) in [6, 6.07) is 4.31. The Bertz CT molecular complexity index is 361. The molecule has 1 aromatic heterocycles. The molecule has 0 amide bonds. The van der Waals surface area contributed by atoms with Gasteiger partial charge in [0.15, 0.2) is 0 Å². The molecule has 0 spiro atoms. The number of pyridine rings is 1. The summed E-state index contributed by atoms with van der Waals surface area (Å²) in [7, 11) is 2.12. The molecule has 0 aromatic carbocycles. The second-order valence-corrected chi connectivity index (χ2v) is 5.30. The third-order valence-corrected chi connectivity index (χ3v) is 3.18. The number of anilines is 1. The molecule has 1 aromatic rings. The zero-order valence-corrected chi connectivity index (χ0v) is 12.5. The van der Waals surface area contributed by atoms with Crippen LogP contribution in [0.2, 0.25) is 0 Å². The Labute approximate surface area is 112 Å². The Morgan fingerprint density at radius 2 is 2.06 bits per heavy atom. The van der Waals surface area contributed by atoms with Gasteiger partial charge in [0.25, 0.3) is 0 Å². The monoisotopic (exact) mass is 249 g/mol. The zero-order chi connectivity index (χ0) is 13.5. The first kappa shape index (κ1) is 15.0. The van der Waals surface area contributed by atoms with E-state index in [0.29, 0.717) is 0 Å². The minimum absolute atomic E-state index is 0.738. The molecule has 1 heterocycles. The average molecular weight is 249 g/mol. The van der Waals surface area contributed by atoms with Gasteiger partial charge in [-0.15, -0.1) is 0 Å². The topological polar surface area (TPSA) is 28.2 Å². The highest BCUT2D eigenvalue weighted by Crippen LogP contribution is 2.15. The summed E-state index contributed by atoms with van der Waals surface area (Å²) in [5.41, 5.74) is 2.42. The first-order valence-electron chi connectivity index (χ1n) is 6.93. The van der Waals surface area contributed by atoms with Crippen LogP contribution in [0.15, 0.2) is 12.1 Å². The van der Waals surface area contributed by atoms with Crippen molar-refractivity contribution in [3.8, 4) is 0 Å². The normalized spacial score (nSPS) is 11.0. The lowest BCUT2D eigenvalue weighted by Crippen LogP contribution is -2.21. The molecule has 0 radical (unpaired) electrons. The Morgan fingerprint density at radius 1 is 1.33 bits per heavy atom. The van der Waals surface area contributed by atoms with Gasteiger partial charge in [-0.3, -0.25) is 0 Å². The third kappa shape index (κ3) is 4.65. The summed E-state index contributed by atoms with van der Waals surface area (Å²) in [6.07, 6.45) is 1.20. The molecule has 0 fully saturated rings. The van der Waals surface area contributed by atoms with Crippen molar-refractivity contribution in [2.75, 3.05) is 25.0 Å². The minimum Gasteiger partial charge on any atom is -0.360 e. The summed E-state index contributed by atoms with van der Waals surface area (Å²) < 4.78 is 0. The molecule has 1 N–H and O–H groups in total. The first-order chi connectivity index (χ1) is 8.54. The van der Waals surface area contributed by atoms with Crippen molar-refractivity contribution in [3.63, 3.8) is 0 Å². The zero-order valence-electron chi connectivity index (χ0n) is 12.5. The van der Waals surface area contributed by atoms with Crippen LogP contribution in [0.3, 0.4) is 0 Å². The van der Waals surface area contributed by atoms with Crippen molar-refractivity contribution < 1.29 is 0 Å². The van der Waals surface area contributed by atoms with Crippen molar-refractivity contribution in [2.24, 2.45) is 5.92 Å². The van der Waals surface area contributed by atoms with E-state index in [4.69, 9.17) is 0 Å². The number of rotatable bonds is 7. The molecule has 0 aliphatic heterocycles. The van der Waals surface area contributed by atoms with E-state index >= 15 is 0 Å². The van der Waals surface area contributed by atoms with Crippen molar-refractivity contribution in [3.05, 3.63) is 23.4 Å². The molecule has 3 nitrogen and oxygen atoms in total. The number of nitrogens with one attached hydrogen (secondary N) is 1. The molecule has 0 saturated carbocycles. The third-order valence-electron chi connectivity index (χ3n) is 3.18. The standard InChI is InChI=1S/C15H27N3/c1-6-16-11-14-7-8-15(17-13(14)4)18(5)10-9-12(2)3/h7-8,12,16H,6,9-11H2,1-5H3. The van der Waals surface area contributed by atoms with Gasteiger partial charge in [0, 0.05) is 25.8 Å². The van der Waals surface area contributed by atoms with Gasteiger partial charge in [-0.05, 0) is 37.4 Å². The predicted octanol–water partition coefficient (Wildman–Crippen LogP) is 2.98.